The molecule has 0 radical (unpaired) electrons. The summed E-state index contributed by atoms with van der Waals surface area (Å²) < 4.78 is 10.4. The van der Waals surface area contributed by atoms with Gasteiger partial charge in [0.05, 0.1) is 20.4 Å². The number of methoxy groups -OCH3 is 2. The van der Waals surface area contributed by atoms with Gasteiger partial charge in [0.15, 0.2) is 0 Å². The average Bonchev–Trinajstić information content (AvgIpc) is 2.47. The number of oxime groups is 1. The Hall–Kier alpha value is -2.04. The van der Waals surface area contributed by atoms with E-state index in [4.69, 9.17) is 14.3 Å². The second kappa shape index (κ2) is 8.19. The molecule has 0 bridgehead atoms. The van der Waals surface area contributed by atoms with Crippen LogP contribution in [-0.4, -0.2) is 32.3 Å². The predicted molar refractivity (Wildman–Crippen MR) is 77.6 cm³/mol. The summed E-state index contributed by atoms with van der Waals surface area (Å²) in [7, 11) is 3.17. The molecule has 0 heterocycles. The van der Waals surface area contributed by atoms with Crippen LogP contribution in [0.15, 0.2) is 23.4 Å². The number of carbonyl (C=O) groups excluding carboxylic acids is 1. The highest BCUT2D eigenvalue weighted by Gasteiger charge is 2.08. The number of carbonyl (C=O) groups is 1. The monoisotopic (exact) mass is 279 g/mol. The van der Waals surface area contributed by atoms with E-state index in [2.05, 4.69) is 5.16 Å². The fourth-order valence-electron chi connectivity index (χ4n) is 1.62. The quantitative estimate of drug-likeness (QED) is 0.542. The topological polar surface area (TPSA) is 57.1 Å². The molecule has 0 saturated heterocycles. The first-order chi connectivity index (χ1) is 9.60. The molecular formula is C15H21NO4. The Kier molecular flexibility index (Phi) is 6.56. The summed E-state index contributed by atoms with van der Waals surface area (Å²) in [6.07, 6.45) is 2.21. The molecular weight excluding hydrogens is 258 g/mol. The van der Waals surface area contributed by atoms with E-state index in [0.29, 0.717) is 24.3 Å². The second-order valence-electron chi connectivity index (χ2n) is 4.35. The Morgan fingerprint density at radius 1 is 1.35 bits per heavy atom. The van der Waals surface area contributed by atoms with E-state index in [1.54, 1.807) is 26.5 Å². The van der Waals surface area contributed by atoms with Crippen LogP contribution in [0.4, 0.5) is 0 Å². The van der Waals surface area contributed by atoms with Gasteiger partial charge in [0.1, 0.15) is 23.4 Å². The van der Waals surface area contributed by atoms with Gasteiger partial charge >= 0.3 is 0 Å². The first-order valence-electron chi connectivity index (χ1n) is 6.53. The third-order valence-corrected chi connectivity index (χ3v) is 2.78. The van der Waals surface area contributed by atoms with Crippen LogP contribution >= 0.6 is 0 Å². The molecule has 0 N–H and O–H groups in total. The largest absolute Gasteiger partial charge is 0.497 e. The van der Waals surface area contributed by atoms with Crippen molar-refractivity contribution in [1.82, 2.24) is 0 Å². The number of hydrogen-bond acceptors (Lipinski definition) is 5. The summed E-state index contributed by atoms with van der Waals surface area (Å²) in [6.45, 7) is 3.65. The SMILES string of the molecule is CCC(=O)C[C@@H](C)O/N=C/c1ccc(OC)cc1OC. The van der Waals surface area contributed by atoms with Crippen LogP contribution < -0.4 is 9.47 Å². The summed E-state index contributed by atoms with van der Waals surface area (Å²) in [5.74, 6) is 1.52. The molecule has 0 aromatic heterocycles. The number of Topliss-reactive ketones (excluding diaryl/α,β-unsaturated/α-hetero) is 1. The van der Waals surface area contributed by atoms with Gasteiger partial charge in [-0.15, -0.1) is 0 Å². The van der Waals surface area contributed by atoms with Gasteiger partial charge in [-0.3, -0.25) is 4.79 Å². The third kappa shape index (κ3) is 4.91. The highest BCUT2D eigenvalue weighted by atomic mass is 16.6. The van der Waals surface area contributed by atoms with E-state index in [-0.39, 0.29) is 11.9 Å². The number of rotatable bonds is 8. The Morgan fingerprint density at radius 3 is 2.70 bits per heavy atom. The molecule has 0 spiro atoms. The fourth-order valence-corrected chi connectivity index (χ4v) is 1.62. The molecule has 0 aliphatic carbocycles. The molecule has 1 rings (SSSR count). The Balaban J connectivity index is 2.63. The highest BCUT2D eigenvalue weighted by Crippen LogP contribution is 2.23. The molecule has 20 heavy (non-hydrogen) atoms. The van der Waals surface area contributed by atoms with Gasteiger partial charge in [0.2, 0.25) is 0 Å². The molecule has 0 aliphatic rings. The first-order valence-corrected chi connectivity index (χ1v) is 6.53. The van der Waals surface area contributed by atoms with Crippen molar-refractivity contribution in [1.29, 1.82) is 0 Å². The molecule has 1 atom stereocenters. The van der Waals surface area contributed by atoms with Gasteiger partial charge < -0.3 is 14.3 Å². The van der Waals surface area contributed by atoms with E-state index in [1.807, 2.05) is 26.0 Å². The van der Waals surface area contributed by atoms with Crippen molar-refractivity contribution in [3.8, 4) is 11.5 Å². The summed E-state index contributed by atoms with van der Waals surface area (Å²) in [5, 5.41) is 3.89. The zero-order valence-corrected chi connectivity index (χ0v) is 12.4. The van der Waals surface area contributed by atoms with Gasteiger partial charge in [-0.25, -0.2) is 0 Å². The maximum atomic E-state index is 11.3. The lowest BCUT2D eigenvalue weighted by Gasteiger charge is -2.09. The van der Waals surface area contributed by atoms with Crippen LogP contribution in [0.3, 0.4) is 0 Å². The van der Waals surface area contributed by atoms with Crippen LogP contribution in [0.1, 0.15) is 32.3 Å². The number of ether oxygens (including phenoxy) is 2. The number of hydrogen-bond donors (Lipinski definition) is 0. The van der Waals surface area contributed by atoms with Gasteiger partial charge in [-0.1, -0.05) is 12.1 Å². The molecule has 0 unspecified atom stereocenters. The molecule has 0 fully saturated rings. The fraction of sp³-hybridized carbons (Fsp3) is 0.467. The molecule has 0 saturated carbocycles. The van der Waals surface area contributed by atoms with Crippen LogP contribution in [0.2, 0.25) is 0 Å². The lowest BCUT2D eigenvalue weighted by atomic mass is 10.2. The number of nitrogens with zero attached hydrogens (tertiary/aromatic N) is 1. The zero-order valence-electron chi connectivity index (χ0n) is 12.4. The maximum Gasteiger partial charge on any atom is 0.136 e. The van der Waals surface area contributed by atoms with E-state index in [1.165, 1.54) is 0 Å². The smallest absolute Gasteiger partial charge is 0.136 e. The predicted octanol–water partition coefficient (Wildman–Crippen LogP) is 2.81. The molecule has 0 amide bonds. The minimum atomic E-state index is -0.233. The minimum Gasteiger partial charge on any atom is -0.497 e. The Bertz CT molecular complexity index is 471. The highest BCUT2D eigenvalue weighted by molar-refractivity contribution is 5.83. The van der Waals surface area contributed by atoms with E-state index < -0.39 is 0 Å². The lowest BCUT2D eigenvalue weighted by Crippen LogP contribution is -2.11. The van der Waals surface area contributed by atoms with Crippen molar-refractivity contribution in [2.75, 3.05) is 14.2 Å². The Morgan fingerprint density at radius 2 is 2.10 bits per heavy atom. The van der Waals surface area contributed by atoms with E-state index in [0.717, 1.165) is 5.56 Å². The van der Waals surface area contributed by atoms with Crippen molar-refractivity contribution < 1.29 is 19.1 Å². The lowest BCUT2D eigenvalue weighted by molar-refractivity contribution is -0.121. The van der Waals surface area contributed by atoms with Crippen molar-refractivity contribution >= 4 is 12.0 Å². The summed E-state index contributed by atoms with van der Waals surface area (Å²) in [5.41, 5.74) is 0.780. The van der Waals surface area contributed by atoms with Crippen molar-refractivity contribution in [2.24, 2.45) is 5.16 Å². The van der Waals surface area contributed by atoms with Crippen LogP contribution in [-0.2, 0) is 9.63 Å². The molecule has 0 aliphatic heterocycles. The molecule has 5 heteroatoms. The van der Waals surface area contributed by atoms with Crippen LogP contribution in [0.5, 0.6) is 11.5 Å². The zero-order chi connectivity index (χ0) is 15.0. The van der Waals surface area contributed by atoms with Gasteiger partial charge in [-0.2, -0.15) is 0 Å². The number of ketones is 1. The second-order valence-corrected chi connectivity index (χ2v) is 4.35. The van der Waals surface area contributed by atoms with Crippen LogP contribution in [0.25, 0.3) is 0 Å². The van der Waals surface area contributed by atoms with Gasteiger partial charge in [0, 0.05) is 24.5 Å². The normalized spacial score (nSPS) is 12.2. The third-order valence-electron chi connectivity index (χ3n) is 2.78. The molecule has 1 aromatic rings. The molecule has 5 nitrogen and oxygen atoms in total. The average molecular weight is 279 g/mol. The van der Waals surface area contributed by atoms with Crippen molar-refractivity contribution in [2.45, 2.75) is 32.8 Å². The summed E-state index contributed by atoms with van der Waals surface area (Å²) >= 11 is 0. The first kappa shape index (κ1) is 16.0. The summed E-state index contributed by atoms with van der Waals surface area (Å²) in [6, 6.07) is 5.41. The molecule has 1 aromatic carbocycles. The Labute approximate surface area is 119 Å². The number of benzene rings is 1. The van der Waals surface area contributed by atoms with Gasteiger partial charge in [0.25, 0.3) is 0 Å². The van der Waals surface area contributed by atoms with E-state index in [9.17, 15) is 4.79 Å². The van der Waals surface area contributed by atoms with Gasteiger partial charge in [-0.05, 0) is 19.1 Å². The maximum absolute atomic E-state index is 11.3. The molecule has 110 valence electrons. The van der Waals surface area contributed by atoms with Crippen LogP contribution in [0, 0.1) is 0 Å². The standard InChI is InChI=1S/C15H21NO4/c1-5-13(17)8-11(2)20-16-10-12-6-7-14(18-3)9-15(12)19-4/h6-7,9-11H,5,8H2,1-4H3/b16-10+/t11-/m1/s1. The van der Waals surface area contributed by atoms with E-state index >= 15 is 0 Å². The van der Waals surface area contributed by atoms with Crippen molar-refractivity contribution in [3.05, 3.63) is 23.8 Å². The minimum absolute atomic E-state index is 0.162. The van der Waals surface area contributed by atoms with Crippen molar-refractivity contribution in [3.63, 3.8) is 0 Å². The summed E-state index contributed by atoms with van der Waals surface area (Å²) in [4.78, 5) is 16.5.